The maximum absolute atomic E-state index is 13.0. The zero-order valence-electron chi connectivity index (χ0n) is 15.9. The molecule has 2 aliphatic rings. The van der Waals surface area contributed by atoms with E-state index < -0.39 is 29.0 Å². The predicted molar refractivity (Wildman–Crippen MR) is 96.9 cm³/mol. The Bertz CT molecular complexity index is 995. The number of hydrogen-bond donors (Lipinski definition) is 1. The number of amides is 1. The van der Waals surface area contributed by atoms with Crippen molar-refractivity contribution in [2.24, 2.45) is 17.6 Å². The van der Waals surface area contributed by atoms with Gasteiger partial charge in [0.1, 0.15) is 6.33 Å². The number of aromatic nitrogens is 3. The van der Waals surface area contributed by atoms with Crippen LogP contribution in [0, 0.1) is 11.8 Å². The van der Waals surface area contributed by atoms with Crippen LogP contribution in [-0.2, 0) is 17.1 Å². The minimum absolute atomic E-state index is 0.0357. The van der Waals surface area contributed by atoms with Gasteiger partial charge in [-0.1, -0.05) is 0 Å². The summed E-state index contributed by atoms with van der Waals surface area (Å²) in [4.78, 5) is 17.7. The van der Waals surface area contributed by atoms with Gasteiger partial charge in [-0.3, -0.25) is 4.79 Å². The molecule has 31 heavy (non-hydrogen) atoms. The highest BCUT2D eigenvalue weighted by molar-refractivity contribution is 5.90. The van der Waals surface area contributed by atoms with Gasteiger partial charge in [-0.05, 0) is 36.5 Å². The summed E-state index contributed by atoms with van der Waals surface area (Å²) in [7, 11) is 0. The SMILES string of the molecule is NC1C2CCN(C(=O)/C=C\n3cnc(-c4cc(C(F)(F)F)cc(C(F)(F)F)c4)n3)CC12. The van der Waals surface area contributed by atoms with Gasteiger partial charge >= 0.3 is 12.4 Å². The molecule has 6 nitrogen and oxygen atoms in total. The average molecular weight is 445 g/mol. The number of halogens is 6. The third-order valence-electron chi connectivity index (χ3n) is 5.60. The molecule has 0 radical (unpaired) electrons. The molecule has 1 saturated heterocycles. The van der Waals surface area contributed by atoms with E-state index in [-0.39, 0.29) is 23.8 Å². The van der Waals surface area contributed by atoms with E-state index in [9.17, 15) is 31.1 Å². The summed E-state index contributed by atoms with van der Waals surface area (Å²) in [6.07, 6.45) is -5.55. The molecule has 0 bridgehead atoms. The summed E-state index contributed by atoms with van der Waals surface area (Å²) in [5.74, 6) is 0.138. The molecule has 12 heteroatoms. The summed E-state index contributed by atoms with van der Waals surface area (Å²) in [5, 5.41) is 3.87. The lowest BCUT2D eigenvalue weighted by atomic mass is 10.0. The number of fused-ring (bicyclic) bond motifs is 1. The number of hydrogen-bond acceptors (Lipinski definition) is 4. The highest BCUT2D eigenvalue weighted by Crippen LogP contribution is 2.43. The van der Waals surface area contributed by atoms with Gasteiger partial charge in [0.15, 0.2) is 5.82 Å². The van der Waals surface area contributed by atoms with Crippen molar-refractivity contribution >= 4 is 12.1 Å². The monoisotopic (exact) mass is 445 g/mol. The molecule has 2 fully saturated rings. The van der Waals surface area contributed by atoms with Crippen LogP contribution in [0.1, 0.15) is 17.5 Å². The fourth-order valence-corrected chi connectivity index (χ4v) is 3.80. The number of carbonyl (C=O) groups excluding carboxylic acids is 1. The lowest BCUT2D eigenvalue weighted by molar-refractivity contribution is -0.143. The molecule has 1 aliphatic heterocycles. The van der Waals surface area contributed by atoms with Crippen LogP contribution in [0.2, 0.25) is 0 Å². The van der Waals surface area contributed by atoms with Gasteiger partial charge in [0.2, 0.25) is 5.91 Å². The van der Waals surface area contributed by atoms with Crippen molar-refractivity contribution in [1.82, 2.24) is 19.7 Å². The molecular formula is C19H17F6N5O. The number of rotatable bonds is 3. The van der Waals surface area contributed by atoms with Gasteiger partial charge in [-0.25, -0.2) is 9.67 Å². The lowest BCUT2D eigenvalue weighted by Crippen LogP contribution is -2.35. The Morgan fingerprint density at radius 3 is 2.29 bits per heavy atom. The molecular weight excluding hydrogens is 428 g/mol. The molecule has 1 saturated carbocycles. The number of benzene rings is 1. The molecule has 1 aromatic heterocycles. The number of alkyl halides is 6. The number of piperidine rings is 1. The summed E-state index contributed by atoms with van der Waals surface area (Å²) >= 11 is 0. The fraction of sp³-hybridized carbons (Fsp3) is 0.421. The maximum Gasteiger partial charge on any atom is 0.416 e. The Labute approximate surface area is 172 Å². The molecule has 166 valence electrons. The second-order valence-corrected chi connectivity index (χ2v) is 7.64. The van der Waals surface area contributed by atoms with E-state index in [4.69, 9.17) is 5.73 Å². The molecule has 2 N–H and O–H groups in total. The van der Waals surface area contributed by atoms with Gasteiger partial charge < -0.3 is 10.6 Å². The van der Waals surface area contributed by atoms with Crippen LogP contribution in [-0.4, -0.2) is 44.7 Å². The second kappa shape index (κ2) is 7.36. The quantitative estimate of drug-likeness (QED) is 0.581. The number of likely N-dealkylation sites (tertiary alicyclic amines) is 1. The number of carbonyl (C=O) groups is 1. The maximum atomic E-state index is 13.0. The van der Waals surface area contributed by atoms with E-state index in [1.54, 1.807) is 4.90 Å². The standard InChI is InChI=1S/C19H17F6N5O/c20-18(21,22)11-5-10(6-12(7-11)19(23,24)25)17-27-9-30(28-17)4-2-15(31)29-3-1-13-14(8-29)16(13)26/h2,4-7,9,13-14,16H,1,3,8,26H2/b4-2-. The molecule has 4 rings (SSSR count). The first kappa shape index (κ1) is 21.3. The molecule has 2 aromatic rings. The average Bonchev–Trinajstić information content (AvgIpc) is 3.12. The van der Waals surface area contributed by atoms with E-state index in [2.05, 4.69) is 10.1 Å². The van der Waals surface area contributed by atoms with Gasteiger partial charge in [-0.15, -0.1) is 5.10 Å². The summed E-state index contributed by atoms with van der Waals surface area (Å²) in [6, 6.07) is 1.25. The van der Waals surface area contributed by atoms with E-state index in [1.165, 1.54) is 12.3 Å². The van der Waals surface area contributed by atoms with E-state index in [1.807, 2.05) is 0 Å². The van der Waals surface area contributed by atoms with Crippen molar-refractivity contribution in [3.05, 3.63) is 41.7 Å². The normalized spacial score (nSPS) is 23.8. The molecule has 0 spiro atoms. The second-order valence-electron chi connectivity index (χ2n) is 7.64. The summed E-state index contributed by atoms with van der Waals surface area (Å²) in [5.41, 5.74) is 2.56. The lowest BCUT2D eigenvalue weighted by Gasteiger charge is -2.24. The first-order valence-corrected chi connectivity index (χ1v) is 9.37. The number of nitrogens with zero attached hydrogens (tertiary/aromatic N) is 4. The Balaban J connectivity index is 1.53. The number of nitrogens with two attached hydrogens (primary N) is 1. The third-order valence-corrected chi connectivity index (χ3v) is 5.60. The zero-order valence-corrected chi connectivity index (χ0v) is 15.9. The van der Waals surface area contributed by atoms with Gasteiger partial charge in [0.25, 0.3) is 0 Å². The molecule has 1 amide bonds. The molecule has 1 aliphatic carbocycles. The highest BCUT2D eigenvalue weighted by atomic mass is 19.4. The van der Waals surface area contributed by atoms with Gasteiger partial charge in [0, 0.05) is 37.0 Å². The van der Waals surface area contributed by atoms with Crippen LogP contribution in [0.3, 0.4) is 0 Å². The van der Waals surface area contributed by atoms with Crippen molar-refractivity contribution in [2.45, 2.75) is 24.8 Å². The fourth-order valence-electron chi connectivity index (χ4n) is 3.80. The Hall–Kier alpha value is -2.89. The molecule has 2 heterocycles. The van der Waals surface area contributed by atoms with Crippen LogP contribution in [0.5, 0.6) is 0 Å². The first-order chi connectivity index (χ1) is 14.4. The highest BCUT2D eigenvalue weighted by Gasteiger charge is 2.50. The predicted octanol–water partition coefficient (Wildman–Crippen LogP) is 3.26. The summed E-state index contributed by atoms with van der Waals surface area (Å²) in [6.45, 7) is 1.13. The van der Waals surface area contributed by atoms with Crippen molar-refractivity contribution in [3.63, 3.8) is 0 Å². The van der Waals surface area contributed by atoms with Crippen molar-refractivity contribution in [1.29, 1.82) is 0 Å². The summed E-state index contributed by atoms with van der Waals surface area (Å²) < 4.78 is 79.2. The van der Waals surface area contributed by atoms with Gasteiger partial charge in [-0.2, -0.15) is 26.3 Å². The van der Waals surface area contributed by atoms with Crippen LogP contribution >= 0.6 is 0 Å². The van der Waals surface area contributed by atoms with Crippen LogP contribution in [0.15, 0.2) is 30.6 Å². The largest absolute Gasteiger partial charge is 0.416 e. The minimum atomic E-state index is -4.97. The first-order valence-electron chi connectivity index (χ1n) is 9.37. The zero-order chi connectivity index (χ0) is 22.6. The van der Waals surface area contributed by atoms with Crippen molar-refractivity contribution in [2.75, 3.05) is 13.1 Å². The molecule has 3 atom stereocenters. The third kappa shape index (κ3) is 4.43. The smallest absolute Gasteiger partial charge is 0.339 e. The Morgan fingerprint density at radius 2 is 1.71 bits per heavy atom. The Morgan fingerprint density at radius 1 is 1.06 bits per heavy atom. The van der Waals surface area contributed by atoms with E-state index in [0.717, 1.165) is 17.4 Å². The minimum Gasteiger partial charge on any atom is -0.339 e. The van der Waals surface area contributed by atoms with E-state index in [0.29, 0.717) is 37.1 Å². The topological polar surface area (TPSA) is 77.0 Å². The van der Waals surface area contributed by atoms with Crippen LogP contribution in [0.25, 0.3) is 17.6 Å². The Kier molecular flexibility index (Phi) is 5.07. The van der Waals surface area contributed by atoms with E-state index >= 15 is 0 Å². The van der Waals surface area contributed by atoms with Gasteiger partial charge in [0.05, 0.1) is 11.1 Å². The molecule has 3 unspecified atom stereocenters. The molecule has 1 aromatic carbocycles. The van der Waals surface area contributed by atoms with Crippen molar-refractivity contribution in [3.8, 4) is 11.4 Å². The van der Waals surface area contributed by atoms with Crippen LogP contribution < -0.4 is 5.73 Å². The van der Waals surface area contributed by atoms with Crippen molar-refractivity contribution < 1.29 is 31.1 Å². The van der Waals surface area contributed by atoms with Crippen LogP contribution in [0.4, 0.5) is 26.3 Å².